The van der Waals surface area contributed by atoms with Crippen molar-refractivity contribution in [2.75, 3.05) is 48.0 Å². The Labute approximate surface area is 179 Å². The van der Waals surface area contributed by atoms with Crippen LogP contribution in [0.3, 0.4) is 0 Å². The van der Waals surface area contributed by atoms with Gasteiger partial charge in [0.2, 0.25) is 0 Å². The molecule has 154 valence electrons. The summed E-state index contributed by atoms with van der Waals surface area (Å²) in [5.41, 5.74) is 4.15. The van der Waals surface area contributed by atoms with Crippen LogP contribution in [0.1, 0.15) is 12.1 Å². The largest absolute Gasteiger partial charge is 0.378 e. The standard InChI is InChI=1S/C23H24N4O2S/c28-23-21-17(5-8-24-23)15-20(16-6-13-30-14-7-16)26-22(21)25-18-1-3-19(4-2-18)27-9-11-29-12-10-27/h1-6,8,15H,7,9-14H2,(H,24,28)(H,25,26). The highest BCUT2D eigenvalue weighted by Gasteiger charge is 2.15. The van der Waals surface area contributed by atoms with E-state index in [0.717, 1.165) is 61.0 Å². The number of allylic oxidation sites excluding steroid dienone is 1. The van der Waals surface area contributed by atoms with Crippen molar-refractivity contribution < 1.29 is 4.74 Å². The van der Waals surface area contributed by atoms with E-state index in [0.29, 0.717) is 11.2 Å². The number of H-pyrrole nitrogens is 1. The topological polar surface area (TPSA) is 70.2 Å². The van der Waals surface area contributed by atoms with Gasteiger partial charge in [-0.05, 0) is 59.5 Å². The number of morpholine rings is 1. The molecule has 7 heteroatoms. The van der Waals surface area contributed by atoms with Gasteiger partial charge in [0.1, 0.15) is 5.82 Å². The van der Waals surface area contributed by atoms with Crippen LogP contribution in [0.4, 0.5) is 17.2 Å². The Kier molecular flexibility index (Phi) is 5.46. The highest BCUT2D eigenvalue weighted by molar-refractivity contribution is 7.99. The van der Waals surface area contributed by atoms with Gasteiger partial charge in [0.05, 0.1) is 24.3 Å². The molecule has 0 spiro atoms. The summed E-state index contributed by atoms with van der Waals surface area (Å²) < 4.78 is 5.44. The zero-order valence-corrected chi connectivity index (χ0v) is 17.5. The molecule has 3 aromatic rings. The fourth-order valence-corrected chi connectivity index (χ4v) is 4.79. The molecule has 2 aliphatic heterocycles. The van der Waals surface area contributed by atoms with Gasteiger partial charge in [0.25, 0.3) is 5.56 Å². The van der Waals surface area contributed by atoms with Gasteiger partial charge < -0.3 is 19.9 Å². The molecular weight excluding hydrogens is 396 g/mol. The lowest BCUT2D eigenvalue weighted by molar-refractivity contribution is 0.122. The first kappa shape index (κ1) is 19.2. The van der Waals surface area contributed by atoms with Gasteiger partial charge in [-0.3, -0.25) is 4.79 Å². The van der Waals surface area contributed by atoms with Crippen molar-refractivity contribution in [1.82, 2.24) is 9.97 Å². The van der Waals surface area contributed by atoms with E-state index < -0.39 is 0 Å². The third-order valence-corrected chi connectivity index (χ3v) is 6.45. The number of aromatic nitrogens is 2. The van der Waals surface area contributed by atoms with Crippen LogP contribution in [-0.2, 0) is 4.74 Å². The molecule has 2 N–H and O–H groups in total. The quantitative estimate of drug-likeness (QED) is 0.664. The van der Waals surface area contributed by atoms with Crippen molar-refractivity contribution >= 4 is 45.3 Å². The van der Waals surface area contributed by atoms with Gasteiger partial charge in [-0.15, -0.1) is 0 Å². The Morgan fingerprint density at radius 3 is 2.73 bits per heavy atom. The van der Waals surface area contributed by atoms with Gasteiger partial charge >= 0.3 is 0 Å². The number of hydrogen-bond acceptors (Lipinski definition) is 6. The Morgan fingerprint density at radius 2 is 1.97 bits per heavy atom. The summed E-state index contributed by atoms with van der Waals surface area (Å²) in [6.07, 6.45) is 4.94. The Morgan fingerprint density at radius 1 is 1.13 bits per heavy atom. The zero-order chi connectivity index (χ0) is 20.3. The minimum atomic E-state index is -0.132. The van der Waals surface area contributed by atoms with Crippen LogP contribution in [0.25, 0.3) is 16.3 Å². The summed E-state index contributed by atoms with van der Waals surface area (Å²) >= 11 is 1.93. The SMILES string of the molecule is O=c1[nH]ccc2cc(C3=CCSCC3)nc(Nc3ccc(N4CCOCC4)cc3)c12. The van der Waals surface area contributed by atoms with E-state index in [1.54, 1.807) is 6.20 Å². The van der Waals surface area contributed by atoms with Crippen molar-refractivity contribution in [1.29, 1.82) is 0 Å². The molecule has 0 aliphatic carbocycles. The second-order valence-corrected chi connectivity index (χ2v) is 8.60. The molecule has 1 saturated heterocycles. The molecule has 5 rings (SSSR count). The Balaban J connectivity index is 1.49. The molecule has 0 saturated carbocycles. The Bertz CT molecular complexity index is 1130. The summed E-state index contributed by atoms with van der Waals surface area (Å²) in [6.45, 7) is 3.34. The molecule has 0 bridgehead atoms. The van der Waals surface area contributed by atoms with Gasteiger partial charge in [-0.25, -0.2) is 4.98 Å². The molecule has 0 radical (unpaired) electrons. The maximum absolute atomic E-state index is 12.6. The van der Waals surface area contributed by atoms with Crippen molar-refractivity contribution in [2.24, 2.45) is 0 Å². The lowest BCUT2D eigenvalue weighted by Crippen LogP contribution is -2.36. The molecule has 1 fully saturated rings. The summed E-state index contributed by atoms with van der Waals surface area (Å²) in [5.74, 6) is 2.71. The summed E-state index contributed by atoms with van der Waals surface area (Å²) in [5, 5.41) is 4.88. The van der Waals surface area contributed by atoms with Gasteiger partial charge in [-0.1, -0.05) is 6.08 Å². The fourth-order valence-electron chi connectivity index (χ4n) is 3.94. The van der Waals surface area contributed by atoms with E-state index >= 15 is 0 Å². The first-order valence-electron chi connectivity index (χ1n) is 10.3. The van der Waals surface area contributed by atoms with E-state index in [1.807, 2.05) is 36.0 Å². The molecule has 0 atom stereocenters. The first-order chi connectivity index (χ1) is 14.8. The molecule has 2 aliphatic rings. The van der Waals surface area contributed by atoms with Crippen LogP contribution in [0, 0.1) is 0 Å². The molecule has 6 nitrogen and oxygen atoms in total. The third kappa shape index (κ3) is 3.95. The predicted molar refractivity (Wildman–Crippen MR) is 125 cm³/mol. The molecule has 30 heavy (non-hydrogen) atoms. The van der Waals surface area contributed by atoms with Crippen molar-refractivity contribution in [3.8, 4) is 0 Å². The molecule has 4 heterocycles. The van der Waals surface area contributed by atoms with Gasteiger partial charge in [0, 0.05) is 36.4 Å². The number of hydrogen-bond donors (Lipinski definition) is 2. The van der Waals surface area contributed by atoms with Gasteiger partial charge in [0.15, 0.2) is 0 Å². The first-order valence-corrected chi connectivity index (χ1v) is 11.4. The average molecular weight is 421 g/mol. The van der Waals surface area contributed by atoms with Crippen LogP contribution in [0.5, 0.6) is 0 Å². The number of anilines is 3. The second kappa shape index (κ2) is 8.53. The maximum atomic E-state index is 12.6. The fraction of sp³-hybridized carbons (Fsp3) is 0.304. The number of pyridine rings is 2. The normalized spacial score (nSPS) is 17.1. The van der Waals surface area contributed by atoms with Crippen LogP contribution in [-0.4, -0.2) is 47.8 Å². The van der Waals surface area contributed by atoms with Gasteiger partial charge in [-0.2, -0.15) is 11.8 Å². The maximum Gasteiger partial charge on any atom is 0.259 e. The second-order valence-electron chi connectivity index (χ2n) is 7.45. The molecular formula is C23H24N4O2S. The minimum absolute atomic E-state index is 0.132. The summed E-state index contributed by atoms with van der Waals surface area (Å²) in [6, 6.07) is 12.2. The van der Waals surface area contributed by atoms with Crippen molar-refractivity contribution in [3.63, 3.8) is 0 Å². The van der Waals surface area contributed by atoms with Crippen LogP contribution < -0.4 is 15.8 Å². The minimum Gasteiger partial charge on any atom is -0.378 e. The van der Waals surface area contributed by atoms with Crippen LogP contribution in [0.2, 0.25) is 0 Å². The number of thioether (sulfide) groups is 1. The number of fused-ring (bicyclic) bond motifs is 1. The molecule has 0 amide bonds. The number of rotatable bonds is 4. The number of ether oxygens (including phenoxy) is 1. The number of nitrogens with zero attached hydrogens (tertiary/aromatic N) is 2. The van der Waals surface area contributed by atoms with E-state index in [4.69, 9.17) is 9.72 Å². The van der Waals surface area contributed by atoms with E-state index in [-0.39, 0.29) is 5.56 Å². The third-order valence-electron chi connectivity index (χ3n) is 5.55. The highest BCUT2D eigenvalue weighted by Crippen LogP contribution is 2.30. The number of nitrogens with one attached hydrogen (secondary N) is 2. The van der Waals surface area contributed by atoms with E-state index in [9.17, 15) is 4.79 Å². The molecule has 1 aromatic carbocycles. The predicted octanol–water partition coefficient (Wildman–Crippen LogP) is 4.02. The zero-order valence-electron chi connectivity index (χ0n) is 16.7. The number of benzene rings is 1. The summed E-state index contributed by atoms with van der Waals surface area (Å²) in [4.78, 5) is 22.5. The van der Waals surface area contributed by atoms with Crippen LogP contribution in [0.15, 0.2) is 53.5 Å². The molecule has 0 unspecified atom stereocenters. The lowest BCUT2D eigenvalue weighted by Gasteiger charge is -2.29. The lowest BCUT2D eigenvalue weighted by atomic mass is 10.1. The van der Waals surface area contributed by atoms with E-state index in [2.05, 4.69) is 33.4 Å². The Hall–Kier alpha value is -2.77. The highest BCUT2D eigenvalue weighted by atomic mass is 32.2. The van der Waals surface area contributed by atoms with E-state index in [1.165, 1.54) is 11.3 Å². The smallest absolute Gasteiger partial charge is 0.259 e. The van der Waals surface area contributed by atoms with Crippen molar-refractivity contribution in [2.45, 2.75) is 6.42 Å². The average Bonchev–Trinajstić information content (AvgIpc) is 2.81. The van der Waals surface area contributed by atoms with Crippen molar-refractivity contribution in [3.05, 3.63) is 64.7 Å². The summed E-state index contributed by atoms with van der Waals surface area (Å²) in [7, 11) is 0. The number of aromatic amines is 1. The molecule has 2 aromatic heterocycles. The monoisotopic (exact) mass is 420 g/mol. The van der Waals surface area contributed by atoms with Crippen LogP contribution >= 0.6 is 11.8 Å².